The Morgan fingerprint density at radius 2 is 1.62 bits per heavy atom. The molecule has 3 aliphatic carbocycles. The highest BCUT2D eigenvalue weighted by Crippen LogP contribution is 2.63. The van der Waals surface area contributed by atoms with Gasteiger partial charge in [-0.25, -0.2) is 9.59 Å². The number of methoxy groups -OCH3 is 1. The molecule has 6 rings (SSSR count). The highest BCUT2D eigenvalue weighted by molar-refractivity contribution is 5.97. The van der Waals surface area contributed by atoms with E-state index in [1.54, 1.807) is 77.1 Å². The summed E-state index contributed by atoms with van der Waals surface area (Å²) in [6.07, 6.45) is -9.59. The van der Waals surface area contributed by atoms with E-state index < -0.39 is 118 Å². The second-order valence-corrected chi connectivity index (χ2v) is 18.7. The number of rotatable bonds is 10. The van der Waals surface area contributed by atoms with Gasteiger partial charge in [0.05, 0.1) is 42.9 Å². The summed E-state index contributed by atoms with van der Waals surface area (Å²) in [7, 11) is 1.42. The van der Waals surface area contributed by atoms with Crippen molar-refractivity contribution in [2.75, 3.05) is 13.7 Å². The average Bonchev–Trinajstić information content (AvgIpc) is 3.20. The zero-order valence-corrected chi connectivity index (χ0v) is 37.2. The molecule has 4 aliphatic rings. The van der Waals surface area contributed by atoms with Gasteiger partial charge in [0.1, 0.15) is 23.6 Å². The number of amides is 2. The van der Waals surface area contributed by atoms with E-state index in [9.17, 15) is 39.3 Å². The minimum absolute atomic E-state index is 0.0104. The lowest BCUT2D eigenvalue weighted by Gasteiger charge is -2.68. The molecule has 1 saturated heterocycles. The number of nitrogens with one attached hydrogen (secondary N) is 2. The Kier molecular flexibility index (Phi) is 12.7. The number of alkyl carbamates (subject to hydrolysis) is 1. The van der Waals surface area contributed by atoms with Crippen LogP contribution in [0, 0.1) is 16.7 Å². The standard InChI is InChI=1S/C46H58N2O15/c1-23-29(61-40(55)34(52)33(26-15-12-11-13-16-26)47-41(56)63-42(4,5)6)21-46(57)37(48-39(54)27-17-14-18-28(19-27)58-10)36-44(9,30(51)20-31-45(36,22-59-31)62-25(3)50)38(53)35(60-24(2)49)32(23)43(46,7)8/h11-19,29-31,33-37,51-52,57H,20-22H2,1-10H3,(H,47,56)(H,48,54)/t29-,30-,31+,33-,34-,35+,36?,37-,44+,45-,46+/m0/s1. The van der Waals surface area contributed by atoms with Gasteiger partial charge in [0.15, 0.2) is 23.6 Å². The minimum Gasteiger partial charge on any atom is -0.497 e. The van der Waals surface area contributed by atoms with Crippen molar-refractivity contribution in [2.45, 2.75) is 135 Å². The fourth-order valence-corrected chi connectivity index (χ4v) is 10.2. The van der Waals surface area contributed by atoms with E-state index in [1.807, 2.05) is 0 Å². The molecule has 63 heavy (non-hydrogen) atoms. The summed E-state index contributed by atoms with van der Waals surface area (Å²) >= 11 is 0. The minimum atomic E-state index is -2.32. The van der Waals surface area contributed by atoms with Gasteiger partial charge in [0.2, 0.25) is 0 Å². The van der Waals surface area contributed by atoms with Crippen LogP contribution < -0.4 is 15.4 Å². The van der Waals surface area contributed by atoms with Crippen molar-refractivity contribution in [2.24, 2.45) is 16.7 Å². The van der Waals surface area contributed by atoms with Crippen molar-refractivity contribution in [1.82, 2.24) is 10.6 Å². The number of aliphatic hydroxyl groups is 3. The quantitative estimate of drug-likeness (QED) is 0.131. The van der Waals surface area contributed by atoms with Crippen LogP contribution in [0.4, 0.5) is 4.79 Å². The molecule has 2 saturated carbocycles. The third-order valence-electron chi connectivity index (χ3n) is 13.3. The third kappa shape index (κ3) is 8.31. The Hall–Kier alpha value is -5.36. The van der Waals surface area contributed by atoms with Gasteiger partial charge in [0.25, 0.3) is 5.91 Å². The molecule has 11 atom stereocenters. The Bertz CT molecular complexity index is 2180. The van der Waals surface area contributed by atoms with Crippen molar-refractivity contribution >= 4 is 35.7 Å². The Morgan fingerprint density at radius 1 is 0.952 bits per heavy atom. The van der Waals surface area contributed by atoms with E-state index in [1.165, 1.54) is 33.1 Å². The van der Waals surface area contributed by atoms with Gasteiger partial charge in [0, 0.05) is 43.6 Å². The normalized spacial score (nSPS) is 31.8. The second kappa shape index (κ2) is 17.0. The van der Waals surface area contributed by atoms with Crippen LogP contribution in [-0.2, 0) is 42.9 Å². The van der Waals surface area contributed by atoms with Gasteiger partial charge in [-0.1, -0.05) is 50.2 Å². The first-order valence-electron chi connectivity index (χ1n) is 20.8. The van der Waals surface area contributed by atoms with Gasteiger partial charge in [-0.2, -0.15) is 0 Å². The van der Waals surface area contributed by atoms with Crippen LogP contribution in [-0.4, -0.2) is 118 Å². The van der Waals surface area contributed by atoms with Gasteiger partial charge in [-0.3, -0.25) is 19.2 Å². The van der Waals surface area contributed by atoms with Gasteiger partial charge in [-0.15, -0.1) is 0 Å². The predicted molar refractivity (Wildman–Crippen MR) is 222 cm³/mol. The highest BCUT2D eigenvalue weighted by atomic mass is 16.6. The summed E-state index contributed by atoms with van der Waals surface area (Å²) in [6, 6.07) is 11.3. The smallest absolute Gasteiger partial charge is 0.408 e. The second-order valence-electron chi connectivity index (χ2n) is 18.7. The van der Waals surface area contributed by atoms with E-state index in [0.29, 0.717) is 11.3 Å². The van der Waals surface area contributed by atoms with Crippen LogP contribution in [0.3, 0.4) is 0 Å². The van der Waals surface area contributed by atoms with E-state index in [0.717, 1.165) is 13.8 Å². The summed E-state index contributed by atoms with van der Waals surface area (Å²) in [5.41, 5.74) is -8.07. The van der Waals surface area contributed by atoms with Crippen LogP contribution in [0.2, 0.25) is 0 Å². The summed E-state index contributed by atoms with van der Waals surface area (Å²) in [5, 5.41) is 43.1. The molecule has 0 radical (unpaired) electrons. The average molecular weight is 879 g/mol. The largest absolute Gasteiger partial charge is 0.497 e. The molecule has 0 aromatic heterocycles. The van der Waals surface area contributed by atoms with E-state index >= 15 is 4.79 Å². The monoisotopic (exact) mass is 878 g/mol. The van der Waals surface area contributed by atoms with Crippen molar-refractivity contribution in [3.8, 4) is 5.75 Å². The Morgan fingerprint density at radius 3 is 2.19 bits per heavy atom. The number of Topliss-reactive ketones (excluding diaryl/α,β-unsaturated/α-hetero) is 1. The zero-order chi connectivity index (χ0) is 46.6. The molecule has 5 N–H and O–H groups in total. The first-order valence-corrected chi connectivity index (χ1v) is 20.8. The Balaban J connectivity index is 1.55. The molecule has 1 unspecified atom stereocenters. The number of ether oxygens (including phenoxy) is 6. The van der Waals surface area contributed by atoms with Gasteiger partial charge in [-0.05, 0) is 69.5 Å². The maximum absolute atomic E-state index is 15.5. The lowest BCUT2D eigenvalue weighted by Crippen LogP contribution is -2.83. The van der Waals surface area contributed by atoms with Gasteiger partial charge < -0.3 is 54.4 Å². The number of hydrogen-bond donors (Lipinski definition) is 5. The first-order chi connectivity index (χ1) is 29.3. The maximum atomic E-state index is 15.5. The van der Waals surface area contributed by atoms with Crippen molar-refractivity contribution in [3.63, 3.8) is 0 Å². The molecule has 1 heterocycles. The van der Waals surface area contributed by atoms with E-state index in [4.69, 9.17) is 28.4 Å². The maximum Gasteiger partial charge on any atom is 0.408 e. The molecule has 0 spiro atoms. The summed E-state index contributed by atoms with van der Waals surface area (Å²) in [6.45, 7) is 13.0. The van der Waals surface area contributed by atoms with E-state index in [-0.39, 0.29) is 29.7 Å². The third-order valence-corrected chi connectivity index (χ3v) is 13.3. The van der Waals surface area contributed by atoms with Crippen LogP contribution >= 0.6 is 0 Å². The fourth-order valence-electron chi connectivity index (χ4n) is 10.2. The Labute approximate surface area is 365 Å². The first kappa shape index (κ1) is 47.1. The molecule has 2 aromatic rings. The van der Waals surface area contributed by atoms with Crippen LogP contribution in [0.25, 0.3) is 0 Å². The van der Waals surface area contributed by atoms with Crippen LogP contribution in [0.5, 0.6) is 5.75 Å². The van der Waals surface area contributed by atoms with Crippen LogP contribution in [0.1, 0.15) is 97.1 Å². The number of esters is 3. The molecule has 1 aliphatic heterocycles. The molecule has 17 nitrogen and oxygen atoms in total. The molecule has 2 bridgehead atoms. The molecule has 17 heteroatoms. The van der Waals surface area contributed by atoms with Crippen molar-refractivity contribution in [3.05, 3.63) is 76.9 Å². The molecule has 342 valence electrons. The number of hydrogen-bond acceptors (Lipinski definition) is 15. The molecule has 3 fully saturated rings. The SMILES string of the molecule is COc1cccc(C(=O)N[C@H]2C3[C@](C)(C(=O)[C@H](OC(C)=O)C4=C(C)[C@@H](OC(=O)[C@@H](O)[C@@H](NC(=O)OC(C)(C)C)c5ccccc5)C[C@]2(O)C4(C)C)[C@@H](O)C[C@H]2OC[C@@]32OC(C)=O)c1. The van der Waals surface area contributed by atoms with Crippen molar-refractivity contribution < 1.29 is 72.5 Å². The summed E-state index contributed by atoms with van der Waals surface area (Å²) in [5.74, 6) is -5.66. The molecular weight excluding hydrogens is 821 g/mol. The number of ketones is 1. The predicted octanol–water partition coefficient (Wildman–Crippen LogP) is 3.41. The fraction of sp³-hybridized carbons (Fsp3) is 0.565. The van der Waals surface area contributed by atoms with Crippen LogP contribution in [0.15, 0.2) is 65.7 Å². The molecule has 2 aromatic carbocycles. The summed E-state index contributed by atoms with van der Waals surface area (Å²) in [4.78, 5) is 83.5. The zero-order valence-electron chi connectivity index (χ0n) is 37.2. The van der Waals surface area contributed by atoms with E-state index in [2.05, 4.69) is 10.6 Å². The number of carbonyl (C=O) groups excluding carboxylic acids is 6. The van der Waals surface area contributed by atoms with Crippen molar-refractivity contribution in [1.29, 1.82) is 0 Å². The molecular formula is C46H58N2O15. The number of carbonyl (C=O) groups is 6. The van der Waals surface area contributed by atoms with Gasteiger partial charge >= 0.3 is 24.0 Å². The lowest BCUT2D eigenvalue weighted by molar-refractivity contribution is -0.332. The number of benzene rings is 2. The summed E-state index contributed by atoms with van der Waals surface area (Å²) < 4.78 is 34.8. The molecule has 2 amide bonds. The number of fused-ring (bicyclic) bond motifs is 5. The highest BCUT2D eigenvalue weighted by Gasteiger charge is 2.77. The lowest BCUT2D eigenvalue weighted by atomic mass is 9.44. The number of aliphatic hydroxyl groups excluding tert-OH is 2. The topological polar surface area (TPSA) is 243 Å².